The van der Waals surface area contributed by atoms with E-state index in [9.17, 15) is 9.59 Å². The van der Waals surface area contributed by atoms with E-state index in [2.05, 4.69) is 15.2 Å². The molecule has 3 aliphatic heterocycles. The first kappa shape index (κ1) is 24.6. The summed E-state index contributed by atoms with van der Waals surface area (Å²) in [5.41, 5.74) is 6.98. The molecule has 1 fully saturated rings. The molecule has 7 rings (SSSR count). The van der Waals surface area contributed by atoms with Gasteiger partial charge in [0, 0.05) is 50.3 Å². The topological polar surface area (TPSA) is 105 Å². The largest absolute Gasteiger partial charge is 0.450 e. The standard InChI is InChI=1S/C30H29FN6O3/c31-23-14-21-25-29(26(23)36-12-8-19(32)15-36)40-28-20-5-2-1-4-18(20)6-7-24(28)37(25)16-22(27(21)38)30(39)34-9-3-11-35-13-10-33-17-35/h1-2,4-7,14,16-17,19H,3,8-13,15,32H2,(H,34,39)/t19-/m1/s1. The first-order valence-corrected chi connectivity index (χ1v) is 13.6. The number of nitrogens with one attached hydrogen (secondary N) is 1. The summed E-state index contributed by atoms with van der Waals surface area (Å²) < 4.78 is 24.2. The van der Waals surface area contributed by atoms with E-state index in [0.29, 0.717) is 43.0 Å². The maximum Gasteiger partial charge on any atom is 0.256 e. The highest BCUT2D eigenvalue weighted by molar-refractivity contribution is 6.03. The van der Waals surface area contributed by atoms with Crippen molar-refractivity contribution in [3.05, 3.63) is 70.3 Å². The third kappa shape index (κ3) is 3.98. The monoisotopic (exact) mass is 540 g/mol. The number of carbonyl (C=O) groups is 1. The Morgan fingerprint density at radius 2 is 2.02 bits per heavy atom. The van der Waals surface area contributed by atoms with Crippen LogP contribution in [0.4, 0.5) is 10.1 Å². The summed E-state index contributed by atoms with van der Waals surface area (Å²) >= 11 is 0. The number of anilines is 1. The Labute approximate surface area is 229 Å². The normalized spacial score (nSPS) is 17.5. The molecule has 0 unspecified atom stereocenters. The van der Waals surface area contributed by atoms with E-state index >= 15 is 4.39 Å². The molecule has 9 nitrogen and oxygen atoms in total. The van der Waals surface area contributed by atoms with Crippen molar-refractivity contribution < 1.29 is 13.9 Å². The number of nitrogens with zero attached hydrogens (tertiary/aromatic N) is 4. The van der Waals surface area contributed by atoms with Gasteiger partial charge in [-0.2, -0.15) is 0 Å². The number of hydrogen-bond donors (Lipinski definition) is 2. The minimum Gasteiger partial charge on any atom is -0.450 e. The molecule has 0 saturated carbocycles. The number of ether oxygens (including phenoxy) is 1. The molecule has 1 atom stereocenters. The van der Waals surface area contributed by atoms with Crippen LogP contribution in [0.5, 0.6) is 11.5 Å². The summed E-state index contributed by atoms with van der Waals surface area (Å²) in [5, 5.41) is 4.78. The molecule has 3 N–H and O–H groups in total. The van der Waals surface area contributed by atoms with E-state index in [4.69, 9.17) is 10.5 Å². The maximum absolute atomic E-state index is 15.9. The van der Waals surface area contributed by atoms with E-state index in [1.807, 2.05) is 47.6 Å². The lowest BCUT2D eigenvalue weighted by atomic mass is 10.0. The smallest absolute Gasteiger partial charge is 0.256 e. The Balaban J connectivity index is 1.36. The number of hydrogen-bond acceptors (Lipinski definition) is 7. The average Bonchev–Trinajstić information content (AvgIpc) is 3.64. The molecule has 1 amide bonds. The van der Waals surface area contributed by atoms with Gasteiger partial charge in [0.15, 0.2) is 17.3 Å². The van der Waals surface area contributed by atoms with Gasteiger partial charge in [0.25, 0.3) is 5.91 Å². The Morgan fingerprint density at radius 3 is 2.83 bits per heavy atom. The molecule has 0 aliphatic carbocycles. The zero-order chi connectivity index (χ0) is 27.4. The van der Waals surface area contributed by atoms with E-state index in [0.717, 1.165) is 36.8 Å². The lowest BCUT2D eigenvalue weighted by Crippen LogP contribution is -2.33. The Kier molecular flexibility index (Phi) is 5.92. The minimum absolute atomic E-state index is 0.0439. The van der Waals surface area contributed by atoms with Gasteiger partial charge in [-0.25, -0.2) is 4.39 Å². The molecule has 4 aromatic rings. The summed E-state index contributed by atoms with van der Waals surface area (Å²) in [4.78, 5) is 35.1. The van der Waals surface area contributed by atoms with Crippen LogP contribution in [0.25, 0.3) is 27.4 Å². The number of rotatable bonds is 6. The zero-order valence-corrected chi connectivity index (χ0v) is 21.9. The number of nitrogens with two attached hydrogens (primary N) is 1. The van der Waals surface area contributed by atoms with Gasteiger partial charge in [0.1, 0.15) is 16.8 Å². The molecular formula is C30H29FN6O3. The molecule has 1 saturated heterocycles. The fourth-order valence-electron chi connectivity index (χ4n) is 5.95. The molecular weight excluding hydrogens is 511 g/mol. The van der Waals surface area contributed by atoms with Crippen LogP contribution in [0.2, 0.25) is 0 Å². The zero-order valence-electron chi connectivity index (χ0n) is 21.9. The Bertz CT molecular complexity index is 1770. The summed E-state index contributed by atoms with van der Waals surface area (Å²) in [7, 11) is 0. The highest BCUT2D eigenvalue weighted by Gasteiger charge is 2.33. The van der Waals surface area contributed by atoms with E-state index < -0.39 is 17.2 Å². The number of aromatic nitrogens is 1. The van der Waals surface area contributed by atoms with Crippen LogP contribution < -0.4 is 26.1 Å². The predicted octanol–water partition coefficient (Wildman–Crippen LogP) is 3.39. The van der Waals surface area contributed by atoms with Crippen molar-refractivity contribution in [2.75, 3.05) is 44.2 Å². The number of fused-ring (bicyclic) bond motifs is 4. The van der Waals surface area contributed by atoms with Crippen LogP contribution in [-0.4, -0.2) is 67.0 Å². The molecule has 3 aliphatic rings. The predicted molar refractivity (Wildman–Crippen MR) is 154 cm³/mol. The molecule has 3 aromatic carbocycles. The van der Waals surface area contributed by atoms with Gasteiger partial charge in [0.2, 0.25) is 5.43 Å². The van der Waals surface area contributed by atoms with Gasteiger partial charge in [0.05, 0.1) is 24.0 Å². The van der Waals surface area contributed by atoms with Crippen molar-refractivity contribution in [1.82, 2.24) is 14.8 Å². The fraction of sp³-hybridized carbons (Fsp3) is 0.300. The van der Waals surface area contributed by atoms with Crippen LogP contribution in [0.3, 0.4) is 0 Å². The Hall–Kier alpha value is -4.44. The van der Waals surface area contributed by atoms with E-state index in [1.54, 1.807) is 10.8 Å². The number of aliphatic imine (C=N–C) groups is 1. The molecule has 1 aromatic heterocycles. The van der Waals surface area contributed by atoms with Crippen molar-refractivity contribution in [2.45, 2.75) is 18.9 Å². The maximum atomic E-state index is 15.9. The molecule has 204 valence electrons. The third-order valence-electron chi connectivity index (χ3n) is 7.95. The molecule has 0 bridgehead atoms. The summed E-state index contributed by atoms with van der Waals surface area (Å²) in [6, 6.07) is 12.8. The lowest BCUT2D eigenvalue weighted by molar-refractivity contribution is 0.0951. The van der Waals surface area contributed by atoms with Crippen molar-refractivity contribution in [3.8, 4) is 17.2 Å². The number of halogens is 1. The van der Waals surface area contributed by atoms with Gasteiger partial charge in [-0.05, 0) is 30.4 Å². The summed E-state index contributed by atoms with van der Waals surface area (Å²) in [6.45, 7) is 3.89. The van der Waals surface area contributed by atoms with E-state index in [-0.39, 0.29) is 28.4 Å². The second kappa shape index (κ2) is 9.63. The van der Waals surface area contributed by atoms with Crippen molar-refractivity contribution in [1.29, 1.82) is 0 Å². The quantitative estimate of drug-likeness (QED) is 0.320. The third-order valence-corrected chi connectivity index (χ3v) is 7.95. The van der Waals surface area contributed by atoms with Crippen LogP contribution in [0, 0.1) is 5.82 Å². The van der Waals surface area contributed by atoms with Crippen molar-refractivity contribution in [3.63, 3.8) is 0 Å². The molecule has 0 radical (unpaired) electrons. The highest BCUT2D eigenvalue weighted by atomic mass is 19.1. The summed E-state index contributed by atoms with van der Waals surface area (Å²) in [5.74, 6) is -0.251. The second-order valence-corrected chi connectivity index (χ2v) is 10.6. The molecule has 10 heteroatoms. The van der Waals surface area contributed by atoms with Crippen LogP contribution in [0.1, 0.15) is 23.2 Å². The number of benzene rings is 3. The SMILES string of the molecule is N[C@@H]1CCN(c2c(F)cc3c(=O)c(C(=O)NCCCN4C=NCC4)cn4c3c2Oc2c-4ccc3ccccc23)C1. The van der Waals surface area contributed by atoms with Crippen molar-refractivity contribution in [2.24, 2.45) is 10.7 Å². The summed E-state index contributed by atoms with van der Waals surface area (Å²) in [6.07, 6.45) is 4.82. The first-order valence-electron chi connectivity index (χ1n) is 13.6. The highest BCUT2D eigenvalue weighted by Crippen LogP contribution is 2.49. The van der Waals surface area contributed by atoms with Crippen LogP contribution in [0.15, 0.2) is 58.4 Å². The number of carbonyl (C=O) groups excluding carboxylic acids is 1. The van der Waals surface area contributed by atoms with Gasteiger partial charge < -0.3 is 30.2 Å². The minimum atomic E-state index is -0.575. The average molecular weight is 541 g/mol. The number of amides is 1. The van der Waals surface area contributed by atoms with Crippen molar-refractivity contribution >= 4 is 39.6 Å². The van der Waals surface area contributed by atoms with E-state index in [1.165, 1.54) is 6.07 Å². The van der Waals surface area contributed by atoms with Gasteiger partial charge in [-0.15, -0.1) is 0 Å². The lowest BCUT2D eigenvalue weighted by Gasteiger charge is -2.29. The first-order chi connectivity index (χ1) is 19.5. The van der Waals surface area contributed by atoms with Crippen LogP contribution >= 0.6 is 0 Å². The van der Waals surface area contributed by atoms with Gasteiger partial charge >= 0.3 is 0 Å². The fourth-order valence-corrected chi connectivity index (χ4v) is 5.95. The molecule has 0 spiro atoms. The van der Waals surface area contributed by atoms with Gasteiger partial charge in [-0.3, -0.25) is 14.6 Å². The molecule has 4 heterocycles. The molecule has 40 heavy (non-hydrogen) atoms. The van der Waals surface area contributed by atoms with Crippen LogP contribution in [-0.2, 0) is 0 Å². The Morgan fingerprint density at radius 1 is 1.15 bits per heavy atom. The number of pyridine rings is 1. The van der Waals surface area contributed by atoms with Gasteiger partial charge in [-0.1, -0.05) is 30.3 Å². The second-order valence-electron chi connectivity index (χ2n) is 10.6.